The molecule has 0 unspecified atom stereocenters. The van der Waals surface area contributed by atoms with Gasteiger partial charge in [0.25, 0.3) is 0 Å². The Morgan fingerprint density at radius 1 is 2.00 bits per heavy atom. The van der Waals surface area contributed by atoms with E-state index in [1.807, 2.05) is 0 Å². The molecular weight excluding hydrogens is 246 g/mol. The molecule has 0 bridgehead atoms. The van der Waals surface area contributed by atoms with E-state index in [0.717, 1.165) is 0 Å². The molecule has 4 heavy (non-hydrogen) atoms. The standard InChI is InChI=1S/N3.Tl/c1-3-2;/q-1;+1. The summed E-state index contributed by atoms with van der Waals surface area (Å²) in [4.78, 5) is 2.44. The van der Waals surface area contributed by atoms with Crippen molar-refractivity contribution in [2.45, 2.75) is 0 Å². The van der Waals surface area contributed by atoms with E-state index < -0.39 is 0 Å². The van der Waals surface area contributed by atoms with Crippen molar-refractivity contribution in [3.8, 4) is 0 Å². The van der Waals surface area contributed by atoms with Crippen LogP contribution in [0.3, 0.4) is 0 Å². The van der Waals surface area contributed by atoms with Gasteiger partial charge in [0.1, 0.15) is 0 Å². The molecule has 0 aromatic carbocycles. The van der Waals surface area contributed by atoms with Crippen LogP contribution in [0.2, 0.25) is 0 Å². The van der Waals surface area contributed by atoms with E-state index in [4.69, 9.17) is 5.53 Å². The molecule has 0 atom stereocenters. The fourth-order valence-corrected chi connectivity index (χ4v) is 0. The monoisotopic (exact) mass is 247 g/mol. The van der Waals surface area contributed by atoms with Crippen molar-refractivity contribution in [3.63, 3.8) is 0 Å². The molecule has 3 nitrogen and oxygen atoms in total. The molecule has 0 amide bonds. The summed E-state index contributed by atoms with van der Waals surface area (Å²) in [6.45, 7) is 0. The second-order valence-electron chi connectivity index (χ2n) is 0.205. The third kappa shape index (κ3) is 2.23. The maximum atomic E-state index is 7.38. The van der Waals surface area contributed by atoms with Gasteiger partial charge >= 0.3 is 39.4 Å². The molecular formula is N3Tl. The molecule has 0 radical (unpaired) electrons. The van der Waals surface area contributed by atoms with Gasteiger partial charge < -0.3 is 0 Å². The molecule has 0 aliphatic carbocycles. The normalized spacial score (nSPS) is 3.75. The molecule has 0 saturated carbocycles. The van der Waals surface area contributed by atoms with Gasteiger partial charge in [-0.05, 0) is 0 Å². The van der Waals surface area contributed by atoms with E-state index in [-0.39, 0.29) is 0 Å². The first-order valence-corrected chi connectivity index (χ1v) is 2.67. The zero-order chi connectivity index (χ0) is 3.41. The summed E-state index contributed by atoms with van der Waals surface area (Å²) in [5.74, 6) is 0. The van der Waals surface area contributed by atoms with Crippen molar-refractivity contribution in [2.24, 2.45) is 2.92 Å². The molecule has 0 N–H and O–H groups in total. The van der Waals surface area contributed by atoms with Crippen molar-refractivity contribution in [1.82, 2.24) is 0 Å². The maximum absolute atomic E-state index is 7.38. The van der Waals surface area contributed by atoms with Gasteiger partial charge in [-0.2, -0.15) is 0 Å². The molecule has 0 aromatic rings. The van der Waals surface area contributed by atoms with E-state index in [2.05, 4.69) is 7.84 Å². The topological polar surface area (TPSA) is 48.8 Å². The van der Waals surface area contributed by atoms with Crippen molar-refractivity contribution in [3.05, 3.63) is 10.4 Å². The summed E-state index contributed by atoms with van der Waals surface area (Å²) in [7, 11) is 0. The van der Waals surface area contributed by atoms with E-state index in [1.54, 1.807) is 0 Å². The van der Waals surface area contributed by atoms with Crippen LogP contribution in [0, 0.1) is 0 Å². The van der Waals surface area contributed by atoms with Gasteiger partial charge in [0.05, 0.1) is 0 Å². The van der Waals surface area contributed by atoms with Crippen molar-refractivity contribution in [1.29, 1.82) is 0 Å². The Bertz CT molecular complexity index is 41.2. The third-order valence-electron chi connectivity index (χ3n) is 0.0516. The van der Waals surface area contributed by atoms with Crippen molar-refractivity contribution >= 4 is 26.1 Å². The molecule has 0 saturated heterocycles. The van der Waals surface area contributed by atoms with Crippen LogP contribution in [0.25, 0.3) is 10.4 Å². The number of nitrogens with zero attached hydrogens (tertiary/aromatic N) is 3. The quantitative estimate of drug-likeness (QED) is 0.257. The Labute approximate surface area is 39.7 Å². The van der Waals surface area contributed by atoms with E-state index >= 15 is 0 Å². The van der Waals surface area contributed by atoms with Crippen LogP contribution >= 0.6 is 0 Å². The molecule has 0 aromatic heterocycles. The van der Waals surface area contributed by atoms with Gasteiger partial charge in [-0.25, -0.2) is 0 Å². The summed E-state index contributed by atoms with van der Waals surface area (Å²) in [6, 6.07) is 0. The van der Waals surface area contributed by atoms with Crippen LogP contribution in [0.5, 0.6) is 0 Å². The average Bonchev–Trinajstić information content (AvgIpc) is 1.37. The fraction of sp³-hybridized carbons (Fsp3) is 0. The Balaban J connectivity index is 3.11. The molecule has 0 heterocycles. The van der Waals surface area contributed by atoms with Gasteiger partial charge in [-0.15, -0.1) is 0 Å². The Morgan fingerprint density at radius 3 is 2.25 bits per heavy atom. The van der Waals surface area contributed by atoms with Gasteiger partial charge in [0.15, 0.2) is 0 Å². The molecule has 0 rings (SSSR count). The first-order chi connectivity index (χ1) is 1.91. The summed E-state index contributed by atoms with van der Waals surface area (Å²) < 4.78 is 3.08. The van der Waals surface area contributed by atoms with Crippen molar-refractivity contribution in [2.75, 3.05) is 0 Å². The van der Waals surface area contributed by atoms with E-state index in [0.29, 0.717) is 26.1 Å². The molecule has 0 aliphatic heterocycles. The SMILES string of the molecule is [N-]=[N+]=[N][Tl]. The predicted molar refractivity (Wildman–Crippen MR) is 14.9 cm³/mol. The second kappa shape index (κ2) is 3.23. The van der Waals surface area contributed by atoms with Crippen LogP contribution in [-0.2, 0) is 0 Å². The summed E-state index contributed by atoms with van der Waals surface area (Å²) in [6.07, 6.45) is 0. The van der Waals surface area contributed by atoms with Gasteiger partial charge in [0, 0.05) is 0 Å². The fourth-order valence-electron chi connectivity index (χ4n) is 0. The molecule has 4 heteroatoms. The Kier molecular flexibility index (Phi) is 3.42. The first-order valence-electron chi connectivity index (χ1n) is 0.658. The Morgan fingerprint density at radius 2 is 2.25 bits per heavy atom. The third-order valence-corrected chi connectivity index (χ3v) is 0.453. The van der Waals surface area contributed by atoms with Gasteiger partial charge in [0.2, 0.25) is 0 Å². The van der Waals surface area contributed by atoms with E-state index in [9.17, 15) is 0 Å². The summed E-state index contributed by atoms with van der Waals surface area (Å²) in [5.41, 5.74) is 7.38. The van der Waals surface area contributed by atoms with Crippen LogP contribution in [0.1, 0.15) is 0 Å². The van der Waals surface area contributed by atoms with Crippen LogP contribution in [0.15, 0.2) is 2.92 Å². The second-order valence-corrected chi connectivity index (χ2v) is 1.10. The number of rotatable bonds is 0. The van der Waals surface area contributed by atoms with Crippen molar-refractivity contribution < 1.29 is 0 Å². The number of hydrogen-bond acceptors (Lipinski definition) is 1. The minimum absolute atomic E-state index is 0.440. The molecule has 18 valence electrons. The van der Waals surface area contributed by atoms with Crippen LogP contribution < -0.4 is 0 Å². The minimum atomic E-state index is 0.440. The summed E-state index contributed by atoms with van der Waals surface area (Å²) in [5, 5.41) is 0. The van der Waals surface area contributed by atoms with Crippen LogP contribution in [-0.4, -0.2) is 26.1 Å². The van der Waals surface area contributed by atoms with E-state index in [1.165, 1.54) is 0 Å². The zero-order valence-electron chi connectivity index (χ0n) is 1.92. The van der Waals surface area contributed by atoms with Gasteiger partial charge in [-0.1, -0.05) is 0 Å². The zero-order valence-corrected chi connectivity index (χ0v) is 6.41. The summed E-state index contributed by atoms with van der Waals surface area (Å²) >= 11 is 0.440. The predicted octanol–water partition coefficient (Wildman–Crippen LogP) is 0.380. The molecule has 0 spiro atoms. The molecule has 0 aliphatic rings. The Hall–Kier alpha value is 0.232. The number of hydrogen-bond donors (Lipinski definition) is 0. The average molecular weight is 246 g/mol. The first kappa shape index (κ1) is 4.23. The molecule has 0 fully saturated rings. The van der Waals surface area contributed by atoms with Gasteiger partial charge in [-0.3, -0.25) is 0 Å². The van der Waals surface area contributed by atoms with Crippen LogP contribution in [0.4, 0.5) is 0 Å². The number of azide groups is 1.